The number of aromatic nitrogens is 4. The Bertz CT molecular complexity index is 1500. The second-order valence-corrected chi connectivity index (χ2v) is 9.38. The molecule has 3 atom stereocenters. The maximum Gasteiger partial charge on any atom is 0.328 e. The predicted octanol–water partition coefficient (Wildman–Crippen LogP) is 3.31. The van der Waals surface area contributed by atoms with E-state index in [0.29, 0.717) is 29.1 Å². The van der Waals surface area contributed by atoms with Crippen LogP contribution in [0.2, 0.25) is 0 Å². The summed E-state index contributed by atoms with van der Waals surface area (Å²) in [5.41, 5.74) is 2.47. The van der Waals surface area contributed by atoms with Crippen LogP contribution in [0, 0.1) is 11.7 Å². The number of carbonyl (C=O) groups is 3. The maximum absolute atomic E-state index is 13.8. The molecule has 0 fully saturated rings. The molecule has 0 aliphatic heterocycles. The molecule has 2 amide bonds. The van der Waals surface area contributed by atoms with E-state index in [-0.39, 0.29) is 24.1 Å². The molecule has 0 bridgehead atoms. The number of nitrogens with one attached hydrogen (secondary N) is 3. The molecule has 0 aliphatic carbocycles. The number of ether oxygens (including phenoxy) is 1. The summed E-state index contributed by atoms with van der Waals surface area (Å²) in [5, 5.41) is 15.2. The van der Waals surface area contributed by atoms with E-state index in [1.165, 1.54) is 37.2 Å². The SMILES string of the molecule is CC[C@H](C)[C@H](NC(C)=O)C(=O)N[C@@H](Cc1c(-n2ncc(-c3cccc(F)c3)n2)[nH]c2ccccc12)C(=O)OC. The van der Waals surface area contributed by atoms with Crippen molar-refractivity contribution >= 4 is 28.7 Å². The van der Waals surface area contributed by atoms with Crippen LogP contribution in [0.25, 0.3) is 28.0 Å². The predicted molar refractivity (Wildman–Crippen MR) is 143 cm³/mol. The third-order valence-electron chi connectivity index (χ3n) is 6.67. The fourth-order valence-corrected chi connectivity index (χ4v) is 4.44. The molecule has 4 aromatic rings. The number of methoxy groups -OCH3 is 1. The van der Waals surface area contributed by atoms with E-state index in [2.05, 4.69) is 25.8 Å². The number of esters is 1. The van der Waals surface area contributed by atoms with Crippen LogP contribution in [0.15, 0.2) is 54.7 Å². The number of rotatable bonds is 10. The van der Waals surface area contributed by atoms with Gasteiger partial charge in [0.2, 0.25) is 11.8 Å². The summed E-state index contributed by atoms with van der Waals surface area (Å²) >= 11 is 0. The Morgan fingerprint density at radius 3 is 2.59 bits per heavy atom. The topological polar surface area (TPSA) is 131 Å². The van der Waals surface area contributed by atoms with Gasteiger partial charge >= 0.3 is 5.97 Å². The van der Waals surface area contributed by atoms with Crippen molar-refractivity contribution in [3.63, 3.8) is 0 Å². The quantitative estimate of drug-likeness (QED) is 0.268. The number of aromatic amines is 1. The highest BCUT2D eigenvalue weighted by atomic mass is 19.1. The van der Waals surface area contributed by atoms with Gasteiger partial charge in [0.15, 0.2) is 5.82 Å². The minimum atomic E-state index is -1.06. The molecule has 0 spiro atoms. The zero-order valence-corrected chi connectivity index (χ0v) is 22.2. The number of benzene rings is 2. The Balaban J connectivity index is 1.71. The van der Waals surface area contributed by atoms with Gasteiger partial charge in [-0.3, -0.25) is 9.59 Å². The molecular weight excluding hydrogens is 503 g/mol. The van der Waals surface area contributed by atoms with Gasteiger partial charge in [0.25, 0.3) is 0 Å². The zero-order chi connectivity index (χ0) is 28.1. The average Bonchev–Trinajstić information content (AvgIpc) is 3.55. The first kappa shape index (κ1) is 27.5. The fourth-order valence-electron chi connectivity index (χ4n) is 4.44. The van der Waals surface area contributed by atoms with Crippen molar-refractivity contribution in [1.29, 1.82) is 0 Å². The number of halogens is 1. The third-order valence-corrected chi connectivity index (χ3v) is 6.67. The van der Waals surface area contributed by atoms with E-state index in [1.54, 1.807) is 12.1 Å². The summed E-state index contributed by atoms with van der Waals surface area (Å²) in [6.45, 7) is 5.11. The highest BCUT2D eigenvalue weighted by Crippen LogP contribution is 2.27. The lowest BCUT2D eigenvalue weighted by molar-refractivity contribution is -0.145. The molecule has 4 rings (SSSR count). The number of hydrogen-bond donors (Lipinski definition) is 3. The maximum atomic E-state index is 13.8. The Morgan fingerprint density at radius 2 is 1.90 bits per heavy atom. The number of fused-ring (bicyclic) bond motifs is 1. The van der Waals surface area contributed by atoms with Crippen LogP contribution in [0.3, 0.4) is 0 Å². The van der Waals surface area contributed by atoms with Crippen LogP contribution in [0.1, 0.15) is 32.8 Å². The van der Waals surface area contributed by atoms with Gasteiger partial charge in [-0.25, -0.2) is 9.18 Å². The number of carbonyl (C=O) groups excluding carboxylic acids is 3. The molecule has 2 aromatic heterocycles. The van der Waals surface area contributed by atoms with Crippen LogP contribution < -0.4 is 10.6 Å². The molecule has 10 nitrogen and oxygen atoms in total. The van der Waals surface area contributed by atoms with E-state index in [0.717, 1.165) is 10.9 Å². The van der Waals surface area contributed by atoms with E-state index < -0.39 is 24.0 Å². The minimum absolute atomic E-state index is 0.0574. The molecule has 3 N–H and O–H groups in total. The van der Waals surface area contributed by atoms with Gasteiger partial charge in [-0.2, -0.15) is 5.10 Å². The van der Waals surface area contributed by atoms with Crippen molar-refractivity contribution in [2.45, 2.75) is 45.7 Å². The minimum Gasteiger partial charge on any atom is -0.467 e. The molecule has 39 heavy (non-hydrogen) atoms. The zero-order valence-electron chi connectivity index (χ0n) is 22.2. The van der Waals surface area contributed by atoms with Crippen LogP contribution in [0.4, 0.5) is 4.39 Å². The van der Waals surface area contributed by atoms with E-state index in [1.807, 2.05) is 38.1 Å². The molecule has 0 unspecified atom stereocenters. The summed E-state index contributed by atoms with van der Waals surface area (Å²) in [7, 11) is 1.25. The first-order valence-electron chi connectivity index (χ1n) is 12.6. The Hall–Kier alpha value is -4.54. The summed E-state index contributed by atoms with van der Waals surface area (Å²) in [6.07, 6.45) is 2.22. The van der Waals surface area contributed by atoms with Gasteiger partial charge in [-0.15, -0.1) is 9.90 Å². The van der Waals surface area contributed by atoms with Crippen LogP contribution >= 0.6 is 0 Å². The average molecular weight is 535 g/mol. The number of para-hydroxylation sites is 1. The van der Waals surface area contributed by atoms with Crippen molar-refractivity contribution in [1.82, 2.24) is 30.6 Å². The Morgan fingerprint density at radius 1 is 1.13 bits per heavy atom. The fraction of sp³-hybridized carbons (Fsp3) is 0.321. The summed E-state index contributed by atoms with van der Waals surface area (Å²) < 4.78 is 18.8. The van der Waals surface area contributed by atoms with Crippen molar-refractivity contribution in [3.8, 4) is 17.1 Å². The summed E-state index contributed by atoms with van der Waals surface area (Å²) in [6, 6.07) is 11.7. The molecular formula is C28H31FN6O4. The van der Waals surface area contributed by atoms with E-state index in [9.17, 15) is 18.8 Å². The summed E-state index contributed by atoms with van der Waals surface area (Å²) in [5.74, 6) is -1.53. The molecule has 0 radical (unpaired) electrons. The monoisotopic (exact) mass is 534 g/mol. The molecule has 0 aliphatic rings. The lowest BCUT2D eigenvalue weighted by atomic mass is 9.97. The second kappa shape index (κ2) is 11.9. The molecule has 2 heterocycles. The lowest BCUT2D eigenvalue weighted by Crippen LogP contribution is -2.54. The van der Waals surface area contributed by atoms with Crippen LogP contribution in [-0.2, 0) is 25.5 Å². The molecule has 0 saturated heterocycles. The molecule has 0 saturated carbocycles. The van der Waals surface area contributed by atoms with Gasteiger partial charge in [0, 0.05) is 35.4 Å². The second-order valence-electron chi connectivity index (χ2n) is 9.38. The lowest BCUT2D eigenvalue weighted by Gasteiger charge is -2.25. The normalized spacial score (nSPS) is 13.5. The smallest absolute Gasteiger partial charge is 0.328 e. The molecule has 11 heteroatoms. The Labute approximate surface area is 224 Å². The van der Waals surface area contributed by atoms with Gasteiger partial charge in [-0.1, -0.05) is 50.6 Å². The molecule has 2 aromatic carbocycles. The van der Waals surface area contributed by atoms with Crippen molar-refractivity contribution in [3.05, 3.63) is 66.1 Å². The van der Waals surface area contributed by atoms with E-state index in [4.69, 9.17) is 4.74 Å². The molecule has 204 valence electrons. The number of hydrogen-bond acceptors (Lipinski definition) is 6. The van der Waals surface area contributed by atoms with Gasteiger partial charge in [-0.05, 0) is 24.1 Å². The van der Waals surface area contributed by atoms with Crippen molar-refractivity contribution in [2.24, 2.45) is 5.92 Å². The highest BCUT2D eigenvalue weighted by Gasteiger charge is 2.31. The van der Waals surface area contributed by atoms with Crippen molar-refractivity contribution < 1.29 is 23.5 Å². The first-order chi connectivity index (χ1) is 18.7. The van der Waals surface area contributed by atoms with Gasteiger partial charge < -0.3 is 20.4 Å². The number of H-pyrrole nitrogens is 1. The standard InChI is InChI=1S/C28H31FN6O4/c1-5-16(2)25(31-17(3)36)27(37)33-23(28(38)39-4)14-21-20-11-6-7-12-22(20)32-26(21)35-30-15-24(34-35)18-9-8-10-19(29)13-18/h6-13,15-16,23,25,32H,5,14H2,1-4H3,(H,31,36)(H,33,37)/t16-,23-,25-/m0/s1. The first-order valence-corrected chi connectivity index (χ1v) is 12.6. The van der Waals surface area contributed by atoms with Gasteiger partial charge in [0.1, 0.15) is 23.6 Å². The number of amides is 2. The largest absolute Gasteiger partial charge is 0.467 e. The highest BCUT2D eigenvalue weighted by molar-refractivity contribution is 5.92. The summed E-state index contributed by atoms with van der Waals surface area (Å²) in [4.78, 5) is 42.5. The third kappa shape index (κ3) is 6.14. The van der Waals surface area contributed by atoms with Crippen LogP contribution in [-0.4, -0.2) is 57.0 Å². The number of nitrogens with zero attached hydrogens (tertiary/aromatic N) is 3. The van der Waals surface area contributed by atoms with Gasteiger partial charge in [0.05, 0.1) is 13.3 Å². The Kier molecular flexibility index (Phi) is 8.38. The van der Waals surface area contributed by atoms with Crippen LogP contribution in [0.5, 0.6) is 0 Å². The van der Waals surface area contributed by atoms with E-state index >= 15 is 0 Å². The van der Waals surface area contributed by atoms with Crippen molar-refractivity contribution in [2.75, 3.05) is 7.11 Å².